The van der Waals surface area contributed by atoms with E-state index in [1.54, 1.807) is 18.6 Å². The molecule has 1 N–H and O–H groups in total. The number of benzene rings is 1. The standard InChI is InChI=1S/C20H19N3O/c1-14-7-8-16(11-15(14)2)20(24)23-13-18-6-4-10-22-19(18)17-5-3-9-21-12-17/h3-12H,13H2,1-2H3,(H,23,24). The minimum Gasteiger partial charge on any atom is -0.348 e. The number of carbonyl (C=O) groups excluding carboxylic acids is 1. The molecule has 0 bridgehead atoms. The molecule has 1 amide bonds. The van der Waals surface area contributed by atoms with Crippen LogP contribution in [0.1, 0.15) is 27.0 Å². The van der Waals surface area contributed by atoms with Crippen molar-refractivity contribution < 1.29 is 4.79 Å². The molecule has 0 atom stereocenters. The van der Waals surface area contributed by atoms with Gasteiger partial charge in [0.25, 0.3) is 5.91 Å². The molecule has 0 aliphatic heterocycles. The summed E-state index contributed by atoms with van der Waals surface area (Å²) in [6.45, 7) is 4.46. The van der Waals surface area contributed by atoms with E-state index in [1.807, 2.05) is 56.3 Å². The Bertz CT molecular complexity index is 860. The third-order valence-corrected chi connectivity index (χ3v) is 4.03. The lowest BCUT2D eigenvalue weighted by molar-refractivity contribution is 0.0951. The summed E-state index contributed by atoms with van der Waals surface area (Å²) in [6, 6.07) is 13.4. The van der Waals surface area contributed by atoms with Crippen molar-refractivity contribution in [3.8, 4) is 11.3 Å². The third-order valence-electron chi connectivity index (χ3n) is 4.03. The van der Waals surface area contributed by atoms with E-state index in [9.17, 15) is 4.79 Å². The van der Waals surface area contributed by atoms with Crippen molar-refractivity contribution >= 4 is 5.91 Å². The predicted octanol–water partition coefficient (Wildman–Crippen LogP) is 3.69. The van der Waals surface area contributed by atoms with Gasteiger partial charge in [0.05, 0.1) is 5.69 Å². The van der Waals surface area contributed by atoms with E-state index in [4.69, 9.17) is 0 Å². The molecule has 0 aliphatic rings. The predicted molar refractivity (Wildman–Crippen MR) is 94.6 cm³/mol. The average Bonchev–Trinajstić information content (AvgIpc) is 2.63. The number of aryl methyl sites for hydroxylation is 2. The molecule has 0 aliphatic carbocycles. The van der Waals surface area contributed by atoms with Gasteiger partial charge >= 0.3 is 0 Å². The Balaban J connectivity index is 1.77. The molecule has 0 saturated heterocycles. The summed E-state index contributed by atoms with van der Waals surface area (Å²) in [4.78, 5) is 21.0. The van der Waals surface area contributed by atoms with Crippen LogP contribution >= 0.6 is 0 Å². The van der Waals surface area contributed by atoms with Crippen LogP contribution in [0.3, 0.4) is 0 Å². The Hall–Kier alpha value is -3.01. The molecule has 1 aromatic carbocycles. The monoisotopic (exact) mass is 317 g/mol. The topological polar surface area (TPSA) is 54.9 Å². The lowest BCUT2D eigenvalue weighted by atomic mass is 10.1. The highest BCUT2D eigenvalue weighted by Gasteiger charge is 2.10. The number of hydrogen-bond acceptors (Lipinski definition) is 3. The zero-order valence-electron chi connectivity index (χ0n) is 13.8. The Kier molecular flexibility index (Phi) is 4.66. The zero-order valence-corrected chi connectivity index (χ0v) is 13.8. The number of nitrogens with one attached hydrogen (secondary N) is 1. The Morgan fingerprint density at radius 3 is 2.62 bits per heavy atom. The SMILES string of the molecule is Cc1ccc(C(=O)NCc2cccnc2-c2cccnc2)cc1C. The van der Waals surface area contributed by atoms with Crippen LogP contribution in [0.15, 0.2) is 61.1 Å². The molecule has 3 rings (SSSR count). The second kappa shape index (κ2) is 7.04. The molecule has 3 aromatic rings. The lowest BCUT2D eigenvalue weighted by Crippen LogP contribution is -2.23. The highest BCUT2D eigenvalue weighted by atomic mass is 16.1. The largest absolute Gasteiger partial charge is 0.348 e. The van der Waals surface area contributed by atoms with Crippen molar-refractivity contribution in [1.82, 2.24) is 15.3 Å². The fourth-order valence-electron chi connectivity index (χ4n) is 2.50. The zero-order chi connectivity index (χ0) is 16.9. The van der Waals surface area contributed by atoms with Crippen LogP contribution in [0, 0.1) is 13.8 Å². The van der Waals surface area contributed by atoms with Crippen molar-refractivity contribution in [2.75, 3.05) is 0 Å². The summed E-state index contributed by atoms with van der Waals surface area (Å²) in [5.74, 6) is -0.0842. The second-order valence-electron chi connectivity index (χ2n) is 5.73. The van der Waals surface area contributed by atoms with Gasteiger partial charge in [-0.05, 0) is 60.9 Å². The first-order valence-electron chi connectivity index (χ1n) is 7.85. The normalized spacial score (nSPS) is 10.4. The first kappa shape index (κ1) is 15.9. The Morgan fingerprint density at radius 2 is 1.88 bits per heavy atom. The second-order valence-corrected chi connectivity index (χ2v) is 5.73. The maximum absolute atomic E-state index is 12.4. The van der Waals surface area contributed by atoms with E-state index in [-0.39, 0.29) is 5.91 Å². The summed E-state index contributed by atoms with van der Waals surface area (Å²) in [5.41, 5.74) is 5.70. The number of rotatable bonds is 4. The highest BCUT2D eigenvalue weighted by Crippen LogP contribution is 2.20. The maximum Gasteiger partial charge on any atom is 0.251 e. The van der Waals surface area contributed by atoms with Gasteiger partial charge in [0.15, 0.2) is 0 Å². The minimum absolute atomic E-state index is 0.0842. The van der Waals surface area contributed by atoms with E-state index < -0.39 is 0 Å². The summed E-state index contributed by atoms with van der Waals surface area (Å²) >= 11 is 0. The summed E-state index contributed by atoms with van der Waals surface area (Å²) in [7, 11) is 0. The van der Waals surface area contributed by atoms with E-state index in [2.05, 4.69) is 15.3 Å². The average molecular weight is 317 g/mol. The lowest BCUT2D eigenvalue weighted by Gasteiger charge is -2.10. The molecule has 4 heteroatoms. The molecule has 2 heterocycles. The number of hydrogen-bond donors (Lipinski definition) is 1. The molecule has 0 saturated carbocycles. The Labute approximate surface area is 141 Å². The quantitative estimate of drug-likeness (QED) is 0.798. The van der Waals surface area contributed by atoms with Crippen molar-refractivity contribution in [2.45, 2.75) is 20.4 Å². The van der Waals surface area contributed by atoms with Crippen LogP contribution < -0.4 is 5.32 Å². The van der Waals surface area contributed by atoms with E-state index in [1.165, 1.54) is 5.56 Å². The molecular formula is C20H19N3O. The van der Waals surface area contributed by atoms with Crippen molar-refractivity contribution in [3.63, 3.8) is 0 Å². The maximum atomic E-state index is 12.4. The van der Waals surface area contributed by atoms with Crippen LogP contribution in [-0.2, 0) is 6.54 Å². The number of aromatic nitrogens is 2. The van der Waals surface area contributed by atoms with Gasteiger partial charge in [-0.1, -0.05) is 12.1 Å². The number of nitrogens with zero attached hydrogens (tertiary/aromatic N) is 2. The van der Waals surface area contributed by atoms with Gasteiger partial charge in [0.1, 0.15) is 0 Å². The molecule has 4 nitrogen and oxygen atoms in total. The van der Waals surface area contributed by atoms with Crippen LogP contribution in [0.5, 0.6) is 0 Å². The van der Waals surface area contributed by atoms with Crippen molar-refractivity contribution in [1.29, 1.82) is 0 Å². The molecule has 0 fully saturated rings. The number of amides is 1. The van der Waals surface area contributed by atoms with Gasteiger partial charge in [0.2, 0.25) is 0 Å². The van der Waals surface area contributed by atoms with Crippen LogP contribution in [0.25, 0.3) is 11.3 Å². The summed E-state index contributed by atoms with van der Waals surface area (Å²) in [5, 5.41) is 2.97. The number of pyridine rings is 2. The van der Waals surface area contributed by atoms with Gasteiger partial charge < -0.3 is 5.32 Å². The molecule has 120 valence electrons. The smallest absolute Gasteiger partial charge is 0.251 e. The first-order valence-corrected chi connectivity index (χ1v) is 7.85. The molecule has 0 spiro atoms. The fraction of sp³-hybridized carbons (Fsp3) is 0.150. The first-order chi connectivity index (χ1) is 11.6. The highest BCUT2D eigenvalue weighted by molar-refractivity contribution is 5.94. The molecule has 0 unspecified atom stereocenters. The van der Waals surface area contributed by atoms with Crippen LogP contribution in [-0.4, -0.2) is 15.9 Å². The van der Waals surface area contributed by atoms with E-state index in [0.29, 0.717) is 12.1 Å². The number of carbonyl (C=O) groups is 1. The third kappa shape index (κ3) is 3.49. The summed E-state index contributed by atoms with van der Waals surface area (Å²) in [6.07, 6.45) is 5.25. The van der Waals surface area contributed by atoms with Gasteiger partial charge in [0, 0.05) is 36.3 Å². The van der Waals surface area contributed by atoms with Gasteiger partial charge in [-0.25, -0.2) is 0 Å². The molecular weight excluding hydrogens is 298 g/mol. The fourth-order valence-corrected chi connectivity index (χ4v) is 2.50. The molecule has 0 radical (unpaired) electrons. The van der Waals surface area contributed by atoms with Gasteiger partial charge in [-0.2, -0.15) is 0 Å². The molecule has 2 aromatic heterocycles. The van der Waals surface area contributed by atoms with Gasteiger partial charge in [-0.3, -0.25) is 14.8 Å². The van der Waals surface area contributed by atoms with E-state index >= 15 is 0 Å². The van der Waals surface area contributed by atoms with Crippen molar-refractivity contribution in [2.24, 2.45) is 0 Å². The van der Waals surface area contributed by atoms with Crippen LogP contribution in [0.4, 0.5) is 0 Å². The van der Waals surface area contributed by atoms with Crippen LogP contribution in [0.2, 0.25) is 0 Å². The van der Waals surface area contributed by atoms with E-state index in [0.717, 1.165) is 22.4 Å². The van der Waals surface area contributed by atoms with Crippen molar-refractivity contribution in [3.05, 3.63) is 83.3 Å². The Morgan fingerprint density at radius 1 is 1.04 bits per heavy atom. The molecule has 24 heavy (non-hydrogen) atoms. The summed E-state index contributed by atoms with van der Waals surface area (Å²) < 4.78 is 0. The van der Waals surface area contributed by atoms with Gasteiger partial charge in [-0.15, -0.1) is 0 Å². The minimum atomic E-state index is -0.0842.